The van der Waals surface area contributed by atoms with Crippen LogP contribution in [-0.2, 0) is 20.2 Å². The van der Waals surface area contributed by atoms with E-state index in [1.54, 1.807) is 12.1 Å². The summed E-state index contributed by atoms with van der Waals surface area (Å²) in [6.07, 6.45) is 1.06. The van der Waals surface area contributed by atoms with Crippen LogP contribution in [0.5, 0.6) is 0 Å². The first kappa shape index (κ1) is 23.9. The number of halogens is 1. The van der Waals surface area contributed by atoms with Gasteiger partial charge in [-0.05, 0) is 42.9 Å². The lowest BCUT2D eigenvalue weighted by molar-refractivity contribution is -0.126. The summed E-state index contributed by atoms with van der Waals surface area (Å²) in [5.41, 5.74) is 6.61. The molecule has 8 heteroatoms. The van der Waals surface area contributed by atoms with Gasteiger partial charge < -0.3 is 11.1 Å². The number of nitrogens with two attached hydrogens (primary N) is 1. The van der Waals surface area contributed by atoms with E-state index < -0.39 is 10.0 Å². The summed E-state index contributed by atoms with van der Waals surface area (Å²) in [6.45, 7) is 9.26. The number of hydrogen-bond acceptors (Lipinski definition) is 4. The molecule has 0 saturated carbocycles. The first-order valence-corrected chi connectivity index (χ1v) is 10.6. The maximum Gasteiger partial charge on any atom is 0.243 e. The lowest BCUT2D eigenvalue weighted by Crippen LogP contribution is -2.46. The topological polar surface area (TPSA) is 92.5 Å². The van der Waals surface area contributed by atoms with Gasteiger partial charge >= 0.3 is 0 Å². The Kier molecular flexibility index (Phi) is 8.29. The van der Waals surface area contributed by atoms with Crippen LogP contribution in [0.25, 0.3) is 0 Å². The summed E-state index contributed by atoms with van der Waals surface area (Å²) < 4.78 is 27.2. The molecule has 0 radical (unpaired) electrons. The minimum absolute atomic E-state index is 0. The summed E-state index contributed by atoms with van der Waals surface area (Å²) in [5.74, 6) is -0.187. The Balaban J connectivity index is 0.00000364. The highest BCUT2D eigenvalue weighted by Gasteiger charge is 2.32. The van der Waals surface area contributed by atoms with Crippen molar-refractivity contribution in [1.29, 1.82) is 0 Å². The normalized spacial score (nSPS) is 17.8. The zero-order valence-electron chi connectivity index (χ0n) is 16.6. The van der Waals surface area contributed by atoms with Gasteiger partial charge in [-0.2, -0.15) is 4.31 Å². The number of benzene rings is 1. The molecule has 0 spiro atoms. The number of hydrogen-bond donors (Lipinski definition) is 2. The van der Waals surface area contributed by atoms with Crippen LogP contribution in [0.4, 0.5) is 0 Å². The monoisotopic (exact) mass is 417 g/mol. The van der Waals surface area contributed by atoms with E-state index in [1.807, 2.05) is 19.1 Å². The van der Waals surface area contributed by atoms with Crippen molar-refractivity contribution in [2.75, 3.05) is 19.6 Å². The van der Waals surface area contributed by atoms with Gasteiger partial charge in [0.15, 0.2) is 0 Å². The Hall–Kier alpha value is -1.15. The maximum absolute atomic E-state index is 12.9. The van der Waals surface area contributed by atoms with Gasteiger partial charge in [0.05, 0.1) is 4.90 Å². The molecule has 1 aliphatic rings. The minimum atomic E-state index is -3.52. The fourth-order valence-electron chi connectivity index (χ4n) is 3.05. The average Bonchev–Trinajstić information content (AvgIpc) is 2.61. The number of sulfonamides is 1. The number of rotatable bonds is 5. The predicted octanol–water partition coefficient (Wildman–Crippen LogP) is 2.27. The summed E-state index contributed by atoms with van der Waals surface area (Å²) in [5, 5.41) is 2.87. The zero-order chi connectivity index (χ0) is 19.5. The second-order valence-corrected chi connectivity index (χ2v) is 10.0. The molecule has 0 unspecified atom stereocenters. The van der Waals surface area contributed by atoms with E-state index in [0.29, 0.717) is 37.4 Å². The molecule has 3 N–H and O–H groups in total. The Morgan fingerprint density at radius 2 is 1.74 bits per heavy atom. The standard InChI is InChI=1S/C19H31N3O3S.ClH/c1-14(13-20)21-18(23)15-9-11-22(12-10-15)26(24,25)17-7-5-16(6-8-17)19(2,3)4;/h5-8,14-15H,9-13,20H2,1-4H3,(H,21,23);1H/t14-;/m0./s1. The van der Waals surface area contributed by atoms with Crippen molar-refractivity contribution in [2.45, 2.75) is 56.9 Å². The van der Waals surface area contributed by atoms with Crippen molar-refractivity contribution < 1.29 is 13.2 Å². The average molecular weight is 418 g/mol. The second kappa shape index (κ2) is 9.37. The van der Waals surface area contributed by atoms with E-state index in [9.17, 15) is 13.2 Å². The van der Waals surface area contributed by atoms with Crippen LogP contribution < -0.4 is 11.1 Å². The number of amides is 1. The predicted molar refractivity (Wildman–Crippen MR) is 111 cm³/mol. The van der Waals surface area contributed by atoms with Crippen LogP contribution in [0.3, 0.4) is 0 Å². The van der Waals surface area contributed by atoms with Crippen molar-refractivity contribution in [3.63, 3.8) is 0 Å². The number of nitrogens with zero attached hydrogens (tertiary/aromatic N) is 1. The number of piperidine rings is 1. The van der Waals surface area contributed by atoms with Gasteiger partial charge in [0.25, 0.3) is 0 Å². The Labute approximate surface area is 169 Å². The highest BCUT2D eigenvalue weighted by atomic mass is 35.5. The lowest BCUT2D eigenvalue weighted by atomic mass is 9.87. The highest BCUT2D eigenvalue weighted by Crippen LogP contribution is 2.27. The van der Waals surface area contributed by atoms with Crippen molar-refractivity contribution >= 4 is 28.3 Å². The molecule has 0 aromatic heterocycles. The molecule has 1 fully saturated rings. The van der Waals surface area contributed by atoms with Gasteiger partial charge in [0.2, 0.25) is 15.9 Å². The van der Waals surface area contributed by atoms with Gasteiger partial charge in [-0.25, -0.2) is 8.42 Å². The molecule has 1 heterocycles. The molecule has 1 aromatic rings. The molecule has 0 aliphatic carbocycles. The third-order valence-electron chi connectivity index (χ3n) is 4.93. The summed E-state index contributed by atoms with van der Waals surface area (Å²) >= 11 is 0. The van der Waals surface area contributed by atoms with Gasteiger partial charge in [-0.1, -0.05) is 32.9 Å². The van der Waals surface area contributed by atoms with Crippen LogP contribution in [0.2, 0.25) is 0 Å². The van der Waals surface area contributed by atoms with Crippen LogP contribution in [0.15, 0.2) is 29.2 Å². The van der Waals surface area contributed by atoms with Crippen molar-refractivity contribution in [3.05, 3.63) is 29.8 Å². The van der Waals surface area contributed by atoms with Crippen molar-refractivity contribution in [2.24, 2.45) is 11.7 Å². The van der Waals surface area contributed by atoms with Gasteiger partial charge in [-0.15, -0.1) is 12.4 Å². The van der Waals surface area contributed by atoms with Crippen molar-refractivity contribution in [1.82, 2.24) is 9.62 Å². The number of carbonyl (C=O) groups is 1. The molecule has 6 nitrogen and oxygen atoms in total. The van der Waals surface area contributed by atoms with Crippen LogP contribution in [0, 0.1) is 5.92 Å². The fourth-order valence-corrected chi connectivity index (χ4v) is 4.52. The highest BCUT2D eigenvalue weighted by molar-refractivity contribution is 7.89. The molecule has 154 valence electrons. The van der Waals surface area contributed by atoms with Crippen LogP contribution >= 0.6 is 12.4 Å². The lowest BCUT2D eigenvalue weighted by Gasteiger charge is -2.31. The summed E-state index contributed by atoms with van der Waals surface area (Å²) in [7, 11) is -3.52. The van der Waals surface area contributed by atoms with E-state index in [2.05, 4.69) is 26.1 Å². The van der Waals surface area contributed by atoms with E-state index in [4.69, 9.17) is 5.73 Å². The van der Waals surface area contributed by atoms with Gasteiger partial charge in [-0.3, -0.25) is 4.79 Å². The van der Waals surface area contributed by atoms with Gasteiger partial charge in [0, 0.05) is 31.6 Å². The summed E-state index contributed by atoms with van der Waals surface area (Å²) in [6, 6.07) is 7.04. The van der Waals surface area contributed by atoms with E-state index in [0.717, 1.165) is 5.56 Å². The fraction of sp³-hybridized carbons (Fsp3) is 0.632. The summed E-state index contributed by atoms with van der Waals surface area (Å²) in [4.78, 5) is 12.5. The number of nitrogens with one attached hydrogen (secondary N) is 1. The maximum atomic E-state index is 12.9. The Morgan fingerprint density at radius 1 is 1.22 bits per heavy atom. The zero-order valence-corrected chi connectivity index (χ0v) is 18.2. The van der Waals surface area contributed by atoms with E-state index in [1.165, 1.54) is 4.31 Å². The first-order valence-electron chi connectivity index (χ1n) is 9.17. The first-order chi connectivity index (χ1) is 12.1. The largest absolute Gasteiger partial charge is 0.352 e. The quantitative estimate of drug-likeness (QED) is 0.768. The van der Waals surface area contributed by atoms with Crippen molar-refractivity contribution in [3.8, 4) is 0 Å². The van der Waals surface area contributed by atoms with E-state index >= 15 is 0 Å². The molecule has 27 heavy (non-hydrogen) atoms. The van der Waals surface area contributed by atoms with Gasteiger partial charge in [0.1, 0.15) is 0 Å². The van der Waals surface area contributed by atoms with E-state index in [-0.39, 0.29) is 35.7 Å². The molecule has 2 rings (SSSR count). The molecule has 1 aliphatic heterocycles. The molecule has 1 saturated heterocycles. The molecule has 1 aromatic carbocycles. The minimum Gasteiger partial charge on any atom is -0.352 e. The molecular weight excluding hydrogens is 386 g/mol. The third kappa shape index (κ3) is 5.91. The second-order valence-electron chi connectivity index (χ2n) is 8.10. The molecule has 1 atom stereocenters. The molecule has 1 amide bonds. The SMILES string of the molecule is C[C@@H](CN)NC(=O)C1CCN(S(=O)(=O)c2ccc(C(C)(C)C)cc2)CC1.Cl. The third-order valence-corrected chi connectivity index (χ3v) is 6.84. The molecule has 0 bridgehead atoms. The number of carbonyl (C=O) groups excluding carboxylic acids is 1. The Bertz CT molecular complexity index is 722. The smallest absolute Gasteiger partial charge is 0.243 e. The Morgan fingerprint density at radius 3 is 2.19 bits per heavy atom. The van der Waals surface area contributed by atoms with Crippen LogP contribution in [0.1, 0.15) is 46.1 Å². The van der Waals surface area contributed by atoms with Crippen LogP contribution in [-0.4, -0.2) is 44.3 Å². The molecular formula is C19H32ClN3O3S.